The van der Waals surface area contributed by atoms with Crippen LogP contribution in [-0.2, 0) is 0 Å². The van der Waals surface area contributed by atoms with Crippen molar-refractivity contribution in [3.05, 3.63) is 33.8 Å². The molecule has 1 aliphatic heterocycles. The van der Waals surface area contributed by atoms with Crippen molar-refractivity contribution < 1.29 is 13.6 Å². The third-order valence-corrected chi connectivity index (χ3v) is 3.59. The molecular formula is C12H13BrF2N2O. The number of carbonyl (C=O) groups excluding carboxylic acids is 1. The van der Waals surface area contributed by atoms with E-state index in [4.69, 9.17) is 5.73 Å². The standard InChI is InChI=1S/C12H13BrF2N2O/c13-9-5-10(14)8(4-11(9)15)12(18)17-3-1-2-7(16)6-17/h4-5,7H,1-3,6,16H2/t7-/m1/s1. The highest BCUT2D eigenvalue weighted by molar-refractivity contribution is 9.10. The second kappa shape index (κ2) is 5.32. The average molecular weight is 319 g/mol. The first-order valence-electron chi connectivity index (χ1n) is 5.68. The first-order valence-corrected chi connectivity index (χ1v) is 6.47. The van der Waals surface area contributed by atoms with Crippen LogP contribution in [0.15, 0.2) is 16.6 Å². The molecular weight excluding hydrogens is 306 g/mol. The number of benzene rings is 1. The van der Waals surface area contributed by atoms with Gasteiger partial charge in [-0.15, -0.1) is 0 Å². The Hall–Kier alpha value is -1.01. The summed E-state index contributed by atoms with van der Waals surface area (Å²) in [5.41, 5.74) is 5.52. The van der Waals surface area contributed by atoms with Gasteiger partial charge in [-0.2, -0.15) is 0 Å². The van der Waals surface area contributed by atoms with Gasteiger partial charge in [0.2, 0.25) is 0 Å². The van der Waals surface area contributed by atoms with Crippen LogP contribution >= 0.6 is 15.9 Å². The summed E-state index contributed by atoms with van der Waals surface area (Å²) in [6, 6.07) is 1.79. The van der Waals surface area contributed by atoms with Crippen LogP contribution in [-0.4, -0.2) is 29.9 Å². The summed E-state index contributed by atoms with van der Waals surface area (Å²) >= 11 is 2.87. The third kappa shape index (κ3) is 2.70. The number of hydrogen-bond acceptors (Lipinski definition) is 2. The van der Waals surface area contributed by atoms with Crippen LogP contribution in [0.2, 0.25) is 0 Å². The van der Waals surface area contributed by atoms with Gasteiger partial charge in [-0.1, -0.05) is 0 Å². The van der Waals surface area contributed by atoms with E-state index in [1.165, 1.54) is 4.90 Å². The fourth-order valence-corrected chi connectivity index (χ4v) is 2.37. The first-order chi connectivity index (χ1) is 8.49. The SMILES string of the molecule is N[C@@H]1CCCN(C(=O)c2cc(F)c(Br)cc2F)C1. The Labute approximate surface area is 112 Å². The van der Waals surface area contributed by atoms with Crippen molar-refractivity contribution in [2.45, 2.75) is 18.9 Å². The predicted octanol–water partition coefficient (Wildman–Crippen LogP) is 2.29. The summed E-state index contributed by atoms with van der Waals surface area (Å²) in [6.45, 7) is 0.916. The number of likely N-dealkylation sites (tertiary alicyclic amines) is 1. The van der Waals surface area contributed by atoms with Crippen molar-refractivity contribution in [1.29, 1.82) is 0 Å². The Morgan fingerprint density at radius 1 is 1.39 bits per heavy atom. The molecule has 1 aromatic carbocycles. The van der Waals surface area contributed by atoms with E-state index in [0.29, 0.717) is 13.1 Å². The van der Waals surface area contributed by atoms with E-state index >= 15 is 0 Å². The Morgan fingerprint density at radius 2 is 2.11 bits per heavy atom. The topological polar surface area (TPSA) is 46.3 Å². The van der Waals surface area contributed by atoms with Crippen molar-refractivity contribution in [3.63, 3.8) is 0 Å². The van der Waals surface area contributed by atoms with E-state index in [9.17, 15) is 13.6 Å². The van der Waals surface area contributed by atoms with E-state index in [2.05, 4.69) is 15.9 Å². The lowest BCUT2D eigenvalue weighted by atomic mass is 10.1. The summed E-state index contributed by atoms with van der Waals surface area (Å²) in [5.74, 6) is -1.89. The molecule has 1 amide bonds. The lowest BCUT2D eigenvalue weighted by Crippen LogP contribution is -2.45. The molecule has 0 spiro atoms. The minimum Gasteiger partial charge on any atom is -0.337 e. The van der Waals surface area contributed by atoms with Gasteiger partial charge in [0.05, 0.1) is 10.0 Å². The minimum absolute atomic E-state index is 0.00638. The van der Waals surface area contributed by atoms with Crippen LogP contribution in [0.4, 0.5) is 8.78 Å². The molecule has 1 aliphatic rings. The zero-order chi connectivity index (χ0) is 13.3. The number of halogens is 3. The van der Waals surface area contributed by atoms with Gasteiger partial charge in [0.1, 0.15) is 11.6 Å². The van der Waals surface area contributed by atoms with E-state index in [1.54, 1.807) is 0 Å². The summed E-state index contributed by atoms with van der Waals surface area (Å²) in [6.07, 6.45) is 1.63. The molecule has 2 rings (SSSR count). The fourth-order valence-electron chi connectivity index (χ4n) is 2.05. The van der Waals surface area contributed by atoms with Crippen LogP contribution in [0, 0.1) is 11.6 Å². The monoisotopic (exact) mass is 318 g/mol. The fraction of sp³-hybridized carbons (Fsp3) is 0.417. The molecule has 0 aromatic heterocycles. The lowest BCUT2D eigenvalue weighted by molar-refractivity contribution is 0.0703. The number of piperidine rings is 1. The van der Waals surface area contributed by atoms with Crippen LogP contribution in [0.3, 0.4) is 0 Å². The molecule has 0 saturated carbocycles. The number of nitrogens with two attached hydrogens (primary N) is 1. The number of amides is 1. The third-order valence-electron chi connectivity index (χ3n) is 2.99. The lowest BCUT2D eigenvalue weighted by Gasteiger charge is -2.30. The predicted molar refractivity (Wildman–Crippen MR) is 67.2 cm³/mol. The number of nitrogens with zero attached hydrogens (tertiary/aromatic N) is 1. The average Bonchev–Trinajstić information content (AvgIpc) is 2.33. The highest BCUT2D eigenvalue weighted by Crippen LogP contribution is 2.22. The van der Waals surface area contributed by atoms with Gasteiger partial charge in [0.15, 0.2) is 0 Å². The largest absolute Gasteiger partial charge is 0.337 e. The summed E-state index contributed by atoms with van der Waals surface area (Å²) in [7, 11) is 0. The molecule has 0 aliphatic carbocycles. The highest BCUT2D eigenvalue weighted by atomic mass is 79.9. The molecule has 1 fully saturated rings. The number of rotatable bonds is 1. The van der Waals surface area contributed by atoms with Gasteiger partial charge >= 0.3 is 0 Å². The van der Waals surface area contributed by atoms with Gasteiger partial charge < -0.3 is 10.6 Å². The maximum Gasteiger partial charge on any atom is 0.256 e. The summed E-state index contributed by atoms with van der Waals surface area (Å²) in [5, 5.41) is 0. The highest BCUT2D eigenvalue weighted by Gasteiger charge is 2.25. The zero-order valence-electron chi connectivity index (χ0n) is 9.63. The smallest absolute Gasteiger partial charge is 0.256 e. The molecule has 0 unspecified atom stereocenters. The molecule has 18 heavy (non-hydrogen) atoms. The zero-order valence-corrected chi connectivity index (χ0v) is 11.2. The summed E-state index contributed by atoms with van der Waals surface area (Å²) in [4.78, 5) is 13.6. The van der Waals surface area contributed by atoms with E-state index in [1.807, 2.05) is 0 Å². The normalized spacial score (nSPS) is 20.0. The quantitative estimate of drug-likeness (QED) is 0.808. The maximum atomic E-state index is 13.7. The molecule has 1 heterocycles. The van der Waals surface area contributed by atoms with Crippen molar-refractivity contribution in [1.82, 2.24) is 4.90 Å². The molecule has 0 bridgehead atoms. The molecule has 1 aromatic rings. The summed E-state index contributed by atoms with van der Waals surface area (Å²) < 4.78 is 27.0. The second-order valence-corrected chi connectivity index (χ2v) is 5.25. The Morgan fingerprint density at radius 3 is 2.78 bits per heavy atom. The molecule has 6 heteroatoms. The Kier molecular flexibility index (Phi) is 3.97. The molecule has 98 valence electrons. The van der Waals surface area contributed by atoms with Crippen molar-refractivity contribution in [2.24, 2.45) is 5.73 Å². The number of hydrogen-bond donors (Lipinski definition) is 1. The minimum atomic E-state index is -0.729. The van der Waals surface area contributed by atoms with Crippen LogP contribution in [0.1, 0.15) is 23.2 Å². The van der Waals surface area contributed by atoms with Gasteiger partial charge in [-0.3, -0.25) is 4.79 Å². The molecule has 1 saturated heterocycles. The van der Waals surface area contributed by atoms with E-state index < -0.39 is 17.5 Å². The van der Waals surface area contributed by atoms with Gasteiger partial charge in [-0.25, -0.2) is 8.78 Å². The van der Waals surface area contributed by atoms with Crippen molar-refractivity contribution in [3.8, 4) is 0 Å². The van der Waals surface area contributed by atoms with Crippen molar-refractivity contribution in [2.75, 3.05) is 13.1 Å². The Balaban J connectivity index is 2.25. The van der Waals surface area contributed by atoms with Gasteiger partial charge in [0.25, 0.3) is 5.91 Å². The van der Waals surface area contributed by atoms with Crippen molar-refractivity contribution >= 4 is 21.8 Å². The van der Waals surface area contributed by atoms with Gasteiger partial charge in [-0.05, 0) is 40.9 Å². The molecule has 2 N–H and O–H groups in total. The number of carbonyl (C=O) groups is 1. The second-order valence-electron chi connectivity index (χ2n) is 4.40. The molecule has 0 radical (unpaired) electrons. The van der Waals surface area contributed by atoms with E-state index in [0.717, 1.165) is 25.0 Å². The Bertz CT molecular complexity index is 481. The first kappa shape index (κ1) is 13.4. The van der Waals surface area contributed by atoms with Gasteiger partial charge in [0, 0.05) is 19.1 Å². The van der Waals surface area contributed by atoms with E-state index in [-0.39, 0.29) is 16.1 Å². The molecule has 1 atom stereocenters. The molecule has 3 nitrogen and oxygen atoms in total. The van der Waals surface area contributed by atoms with Crippen LogP contribution < -0.4 is 5.73 Å². The van der Waals surface area contributed by atoms with Crippen LogP contribution in [0.5, 0.6) is 0 Å². The maximum absolute atomic E-state index is 13.7. The van der Waals surface area contributed by atoms with Crippen LogP contribution in [0.25, 0.3) is 0 Å².